The summed E-state index contributed by atoms with van der Waals surface area (Å²) in [5.74, 6) is 0.823. The predicted molar refractivity (Wildman–Crippen MR) is 66.0 cm³/mol. The largest absolute Gasteiger partial charge is 0.464 e. The van der Waals surface area contributed by atoms with Crippen LogP contribution in [0, 0.1) is 6.92 Å². The van der Waals surface area contributed by atoms with E-state index in [0.717, 1.165) is 5.57 Å². The van der Waals surface area contributed by atoms with E-state index in [0.29, 0.717) is 11.5 Å². The number of hydrogen-bond donors (Lipinski definition) is 1. The van der Waals surface area contributed by atoms with Crippen LogP contribution in [-0.2, 0) is 16.6 Å². The SMILES string of the molecule is C=C(C)CN(C)S(=O)(=O)c1cc(CN)oc1C. The number of furan rings is 1. The highest BCUT2D eigenvalue weighted by Crippen LogP contribution is 2.23. The fourth-order valence-corrected chi connectivity index (χ4v) is 2.93. The Labute approximate surface area is 102 Å². The third kappa shape index (κ3) is 2.96. The van der Waals surface area contributed by atoms with Gasteiger partial charge in [-0.05, 0) is 13.8 Å². The summed E-state index contributed by atoms with van der Waals surface area (Å²) in [5, 5.41) is 0. The molecule has 0 atom stereocenters. The number of nitrogens with two attached hydrogens (primary N) is 1. The van der Waals surface area contributed by atoms with E-state index in [-0.39, 0.29) is 18.0 Å². The summed E-state index contributed by atoms with van der Waals surface area (Å²) in [7, 11) is -2.02. The maximum atomic E-state index is 12.2. The van der Waals surface area contributed by atoms with Crippen molar-refractivity contribution in [2.75, 3.05) is 13.6 Å². The van der Waals surface area contributed by atoms with Gasteiger partial charge in [0.1, 0.15) is 16.4 Å². The Balaban J connectivity index is 3.12. The molecule has 0 radical (unpaired) electrons. The Morgan fingerprint density at radius 1 is 1.59 bits per heavy atom. The van der Waals surface area contributed by atoms with Crippen LogP contribution in [-0.4, -0.2) is 26.3 Å². The lowest BCUT2D eigenvalue weighted by Gasteiger charge is -2.16. The van der Waals surface area contributed by atoms with E-state index in [2.05, 4.69) is 6.58 Å². The molecule has 5 nitrogen and oxygen atoms in total. The Kier molecular flexibility index (Phi) is 4.13. The molecule has 0 saturated carbocycles. The average molecular weight is 258 g/mol. The highest BCUT2D eigenvalue weighted by atomic mass is 32.2. The Morgan fingerprint density at radius 2 is 2.18 bits per heavy atom. The molecule has 1 aromatic rings. The summed E-state index contributed by atoms with van der Waals surface area (Å²) < 4.78 is 30.9. The van der Waals surface area contributed by atoms with Gasteiger partial charge in [-0.25, -0.2) is 8.42 Å². The molecule has 0 amide bonds. The fraction of sp³-hybridized carbons (Fsp3) is 0.455. The molecule has 0 aromatic carbocycles. The van der Waals surface area contributed by atoms with Crippen LogP contribution in [0.2, 0.25) is 0 Å². The van der Waals surface area contributed by atoms with E-state index in [4.69, 9.17) is 10.2 Å². The van der Waals surface area contributed by atoms with E-state index in [1.807, 2.05) is 0 Å². The molecule has 0 aliphatic heterocycles. The Hall–Kier alpha value is -1.11. The first-order chi connectivity index (χ1) is 7.78. The van der Waals surface area contributed by atoms with Crippen LogP contribution >= 0.6 is 0 Å². The molecule has 0 bridgehead atoms. The van der Waals surface area contributed by atoms with Crippen molar-refractivity contribution in [1.82, 2.24) is 4.31 Å². The van der Waals surface area contributed by atoms with Crippen LogP contribution in [0.4, 0.5) is 0 Å². The molecule has 96 valence electrons. The number of aryl methyl sites for hydroxylation is 1. The number of hydrogen-bond acceptors (Lipinski definition) is 4. The first-order valence-corrected chi connectivity index (χ1v) is 6.63. The van der Waals surface area contributed by atoms with Gasteiger partial charge < -0.3 is 10.2 Å². The topological polar surface area (TPSA) is 76.5 Å². The van der Waals surface area contributed by atoms with Crippen LogP contribution in [0.3, 0.4) is 0 Å². The molecule has 1 heterocycles. The lowest BCUT2D eigenvalue weighted by Crippen LogP contribution is -2.28. The molecule has 0 spiro atoms. The molecule has 1 aromatic heterocycles. The molecule has 1 rings (SSSR count). The maximum absolute atomic E-state index is 12.2. The summed E-state index contributed by atoms with van der Waals surface area (Å²) in [6.07, 6.45) is 0. The summed E-state index contributed by atoms with van der Waals surface area (Å²) >= 11 is 0. The van der Waals surface area contributed by atoms with Crippen molar-refractivity contribution in [3.8, 4) is 0 Å². The summed E-state index contributed by atoms with van der Waals surface area (Å²) in [6.45, 7) is 7.55. The Morgan fingerprint density at radius 3 is 2.59 bits per heavy atom. The van der Waals surface area contributed by atoms with Crippen LogP contribution in [0.1, 0.15) is 18.4 Å². The van der Waals surface area contributed by atoms with Gasteiger partial charge >= 0.3 is 0 Å². The first-order valence-electron chi connectivity index (χ1n) is 5.19. The van der Waals surface area contributed by atoms with E-state index in [9.17, 15) is 8.42 Å². The molecule has 6 heteroatoms. The van der Waals surface area contributed by atoms with Crippen LogP contribution < -0.4 is 5.73 Å². The van der Waals surface area contributed by atoms with Gasteiger partial charge in [0.2, 0.25) is 10.0 Å². The number of sulfonamides is 1. The van der Waals surface area contributed by atoms with Gasteiger partial charge in [0.25, 0.3) is 0 Å². The molecule has 17 heavy (non-hydrogen) atoms. The van der Waals surface area contributed by atoms with Gasteiger partial charge in [0.05, 0.1) is 6.54 Å². The second kappa shape index (κ2) is 5.03. The third-order valence-electron chi connectivity index (χ3n) is 2.31. The van der Waals surface area contributed by atoms with Crippen LogP contribution in [0.5, 0.6) is 0 Å². The lowest BCUT2D eigenvalue weighted by molar-refractivity contribution is 0.469. The van der Waals surface area contributed by atoms with Gasteiger partial charge in [-0.3, -0.25) is 0 Å². The minimum Gasteiger partial charge on any atom is -0.464 e. The van der Waals surface area contributed by atoms with Gasteiger partial charge in [-0.1, -0.05) is 12.2 Å². The monoisotopic (exact) mass is 258 g/mol. The Bertz CT molecular complexity index is 517. The van der Waals surface area contributed by atoms with Crippen molar-refractivity contribution in [2.24, 2.45) is 5.73 Å². The number of nitrogens with zero attached hydrogens (tertiary/aromatic N) is 1. The van der Waals surface area contributed by atoms with E-state index < -0.39 is 10.0 Å². The highest BCUT2D eigenvalue weighted by Gasteiger charge is 2.25. The zero-order valence-electron chi connectivity index (χ0n) is 10.4. The number of likely N-dealkylation sites (N-methyl/N-ethyl adjacent to an activating group) is 1. The van der Waals surface area contributed by atoms with Crippen molar-refractivity contribution < 1.29 is 12.8 Å². The second-order valence-corrected chi connectivity index (χ2v) is 6.07. The van der Waals surface area contributed by atoms with E-state index in [1.165, 1.54) is 17.4 Å². The molecule has 0 fully saturated rings. The third-order valence-corrected chi connectivity index (χ3v) is 4.22. The average Bonchev–Trinajstić information content (AvgIpc) is 2.59. The van der Waals surface area contributed by atoms with Crippen LogP contribution in [0.25, 0.3) is 0 Å². The second-order valence-electron chi connectivity index (χ2n) is 4.06. The fourth-order valence-electron chi connectivity index (χ4n) is 1.51. The zero-order valence-corrected chi connectivity index (χ0v) is 11.2. The number of rotatable bonds is 5. The molecule has 0 saturated heterocycles. The molecule has 0 aliphatic rings. The first kappa shape index (κ1) is 14.0. The van der Waals surface area contributed by atoms with Crippen molar-refractivity contribution in [1.29, 1.82) is 0 Å². The zero-order chi connectivity index (χ0) is 13.2. The van der Waals surface area contributed by atoms with Gasteiger partial charge in [0.15, 0.2) is 0 Å². The van der Waals surface area contributed by atoms with Gasteiger partial charge in [0, 0.05) is 19.7 Å². The summed E-state index contributed by atoms with van der Waals surface area (Å²) in [4.78, 5) is 0.168. The normalized spacial score (nSPS) is 12.1. The van der Waals surface area contributed by atoms with Crippen molar-refractivity contribution in [3.63, 3.8) is 0 Å². The molecule has 0 aliphatic carbocycles. The van der Waals surface area contributed by atoms with Crippen molar-refractivity contribution in [3.05, 3.63) is 29.7 Å². The smallest absolute Gasteiger partial charge is 0.246 e. The molecule has 0 unspecified atom stereocenters. The summed E-state index contributed by atoms with van der Waals surface area (Å²) in [6, 6.07) is 1.47. The van der Waals surface area contributed by atoms with Gasteiger partial charge in [-0.15, -0.1) is 0 Å². The van der Waals surface area contributed by atoms with Crippen molar-refractivity contribution in [2.45, 2.75) is 25.3 Å². The molecule has 2 N–H and O–H groups in total. The van der Waals surface area contributed by atoms with Crippen molar-refractivity contribution >= 4 is 10.0 Å². The maximum Gasteiger partial charge on any atom is 0.246 e. The van der Waals surface area contributed by atoms with E-state index >= 15 is 0 Å². The standard InChI is InChI=1S/C11H18N2O3S/c1-8(2)7-13(4)17(14,15)11-5-10(6-12)16-9(11)3/h5H,1,6-7,12H2,2-4H3. The summed E-state index contributed by atoms with van der Waals surface area (Å²) in [5.41, 5.74) is 6.19. The predicted octanol–water partition coefficient (Wildman–Crippen LogP) is 1.24. The van der Waals surface area contributed by atoms with E-state index in [1.54, 1.807) is 13.8 Å². The van der Waals surface area contributed by atoms with Gasteiger partial charge in [-0.2, -0.15) is 4.31 Å². The quantitative estimate of drug-likeness (QED) is 0.806. The molecular formula is C11H18N2O3S. The minimum absolute atomic E-state index is 0.168. The lowest BCUT2D eigenvalue weighted by atomic mass is 10.4. The highest BCUT2D eigenvalue weighted by molar-refractivity contribution is 7.89. The minimum atomic E-state index is -3.53. The molecular weight excluding hydrogens is 240 g/mol. The van der Waals surface area contributed by atoms with Crippen LogP contribution in [0.15, 0.2) is 27.5 Å².